The van der Waals surface area contributed by atoms with E-state index in [1.807, 2.05) is 0 Å². The number of Topliss-reactive ketones (excluding diaryl/α,β-unsaturated/α-hetero) is 2. The third kappa shape index (κ3) is 2.87. The summed E-state index contributed by atoms with van der Waals surface area (Å²) in [5.41, 5.74) is -0.100. The van der Waals surface area contributed by atoms with E-state index in [0.29, 0.717) is 17.4 Å². The molecule has 1 aromatic heterocycles. The van der Waals surface area contributed by atoms with Crippen LogP contribution in [0.1, 0.15) is 31.2 Å². The zero-order valence-electron chi connectivity index (χ0n) is 13.9. The highest BCUT2D eigenvalue weighted by Gasteiger charge is 2.49. The Hall–Kier alpha value is -3.40. The highest BCUT2D eigenvalue weighted by atomic mass is 32.2. The minimum Gasteiger partial charge on any atom is -0.322 e. The van der Waals surface area contributed by atoms with Gasteiger partial charge in [-0.2, -0.15) is 0 Å². The van der Waals surface area contributed by atoms with E-state index < -0.39 is 39.4 Å². The molecule has 0 saturated heterocycles. The lowest BCUT2D eigenvalue weighted by atomic mass is 9.82. The molecule has 2 atom stereocenters. The number of carbonyl (C=O) groups is 3. The van der Waals surface area contributed by atoms with Crippen LogP contribution in [0, 0.1) is 21.8 Å². The van der Waals surface area contributed by atoms with Crippen LogP contribution in [0.4, 0.5) is 10.1 Å². The van der Waals surface area contributed by atoms with Gasteiger partial charge < -0.3 is 5.32 Å². The summed E-state index contributed by atoms with van der Waals surface area (Å²) < 4.78 is 13.0. The quantitative estimate of drug-likeness (QED) is 0.622. The summed E-state index contributed by atoms with van der Waals surface area (Å²) in [6.07, 6.45) is 2.38. The second-order valence-electron chi connectivity index (χ2n) is 6.10. The van der Waals surface area contributed by atoms with Crippen LogP contribution in [0.5, 0.6) is 0 Å². The summed E-state index contributed by atoms with van der Waals surface area (Å²) in [6, 6.07) is 6.33. The van der Waals surface area contributed by atoms with Crippen molar-refractivity contribution in [1.29, 1.82) is 0 Å². The molecule has 140 valence electrons. The van der Waals surface area contributed by atoms with E-state index in [0.717, 1.165) is 18.2 Å². The minimum atomic E-state index is -0.998. The molecule has 2 unspecified atom stereocenters. The molecule has 10 heteroatoms. The van der Waals surface area contributed by atoms with Crippen LogP contribution in [0.3, 0.4) is 0 Å². The normalized spacial score (nSPS) is 20.2. The van der Waals surface area contributed by atoms with Gasteiger partial charge in [0.15, 0.2) is 11.6 Å². The fourth-order valence-electron chi connectivity index (χ4n) is 3.14. The minimum absolute atomic E-state index is 0.0683. The van der Waals surface area contributed by atoms with E-state index in [9.17, 15) is 28.9 Å². The lowest BCUT2D eigenvalue weighted by molar-refractivity contribution is -0.410. The average molecular weight is 399 g/mol. The molecule has 2 aromatic rings. The van der Waals surface area contributed by atoms with E-state index >= 15 is 0 Å². The van der Waals surface area contributed by atoms with Crippen molar-refractivity contribution in [2.24, 2.45) is 5.92 Å². The lowest BCUT2D eigenvalue weighted by Crippen LogP contribution is -2.38. The topological polar surface area (TPSA) is 119 Å². The van der Waals surface area contributed by atoms with E-state index in [-0.39, 0.29) is 21.8 Å². The van der Waals surface area contributed by atoms with Crippen molar-refractivity contribution >= 4 is 34.9 Å². The second-order valence-corrected chi connectivity index (χ2v) is 7.26. The van der Waals surface area contributed by atoms with Crippen LogP contribution < -0.4 is 5.32 Å². The molecular weight excluding hydrogens is 389 g/mol. The van der Waals surface area contributed by atoms with Crippen molar-refractivity contribution < 1.29 is 23.7 Å². The Bertz CT molecular complexity index is 1080. The number of hydrogen-bond acceptors (Lipinski definition) is 7. The Morgan fingerprint density at radius 3 is 2.57 bits per heavy atom. The molecule has 1 N–H and O–H groups in total. The van der Waals surface area contributed by atoms with Gasteiger partial charge in [-0.1, -0.05) is 0 Å². The number of rotatable bonds is 3. The maximum absolute atomic E-state index is 13.0. The molecule has 0 fully saturated rings. The second kappa shape index (κ2) is 6.64. The van der Waals surface area contributed by atoms with Crippen molar-refractivity contribution in [2.75, 3.05) is 5.32 Å². The van der Waals surface area contributed by atoms with E-state index in [1.165, 1.54) is 24.4 Å². The number of benzene rings is 1. The van der Waals surface area contributed by atoms with Gasteiger partial charge >= 0.3 is 5.03 Å². The summed E-state index contributed by atoms with van der Waals surface area (Å²) >= 11 is 0.695. The van der Waals surface area contributed by atoms with Gasteiger partial charge in [-0.15, -0.1) is 0 Å². The Labute approximate surface area is 161 Å². The van der Waals surface area contributed by atoms with Crippen molar-refractivity contribution in [3.63, 3.8) is 0 Å². The Balaban J connectivity index is 1.71. The summed E-state index contributed by atoms with van der Waals surface area (Å²) in [5.74, 6) is -3.22. The first-order chi connectivity index (χ1) is 13.4. The zero-order valence-corrected chi connectivity index (χ0v) is 14.7. The van der Waals surface area contributed by atoms with Crippen LogP contribution >= 0.6 is 11.8 Å². The molecule has 0 spiro atoms. The average Bonchev–Trinajstić information content (AvgIpc) is 3.14. The van der Waals surface area contributed by atoms with Gasteiger partial charge in [0.2, 0.25) is 0 Å². The highest BCUT2D eigenvalue weighted by Crippen LogP contribution is 2.43. The van der Waals surface area contributed by atoms with Gasteiger partial charge in [0.05, 0.1) is 27.2 Å². The van der Waals surface area contributed by atoms with Gasteiger partial charge in [-0.05, 0) is 42.1 Å². The molecular formula is C18H10FN3O5S. The fourth-order valence-corrected chi connectivity index (χ4v) is 4.28. The first-order valence-corrected chi connectivity index (χ1v) is 8.92. The number of ketones is 2. The van der Waals surface area contributed by atoms with Gasteiger partial charge in [0.25, 0.3) is 5.91 Å². The third-order valence-corrected chi connectivity index (χ3v) is 5.70. The molecule has 0 saturated carbocycles. The molecule has 4 rings (SSSR count). The number of anilines is 1. The standard InChI is InChI=1S/C18H10FN3O5S/c19-8-1-3-9(4-2-8)21-18(25)10-5-6-20-14-13(10)16(24)17-11(15(14)23)7-12(28-17)22(26)27/h1-7,11,17H,(H,21,25). The number of hydrogen-bond donors (Lipinski definition) is 1. The smallest absolute Gasteiger partial charge is 0.300 e. The fraction of sp³-hybridized carbons (Fsp3) is 0.111. The van der Waals surface area contributed by atoms with Crippen LogP contribution in [-0.2, 0) is 0 Å². The van der Waals surface area contributed by atoms with Crippen LogP contribution in [0.25, 0.3) is 0 Å². The van der Waals surface area contributed by atoms with Crippen molar-refractivity contribution in [1.82, 2.24) is 4.98 Å². The Morgan fingerprint density at radius 1 is 1.18 bits per heavy atom. The number of amides is 1. The molecule has 8 nitrogen and oxygen atoms in total. The van der Waals surface area contributed by atoms with Crippen LogP contribution in [0.2, 0.25) is 0 Å². The molecule has 0 bridgehead atoms. The van der Waals surface area contributed by atoms with Crippen molar-refractivity contribution in [3.05, 3.63) is 80.4 Å². The largest absolute Gasteiger partial charge is 0.322 e. The number of nitro groups is 1. The van der Waals surface area contributed by atoms with Crippen LogP contribution in [0.15, 0.2) is 47.6 Å². The number of allylic oxidation sites excluding steroid dienone is 1. The number of carbonyl (C=O) groups excluding carboxylic acids is 3. The lowest BCUT2D eigenvalue weighted by Gasteiger charge is -2.24. The molecule has 1 aliphatic heterocycles. The maximum Gasteiger partial charge on any atom is 0.300 e. The number of nitrogens with zero attached hydrogens (tertiary/aromatic N) is 2. The number of aromatic nitrogens is 1. The number of pyridine rings is 1. The van der Waals surface area contributed by atoms with Crippen LogP contribution in [-0.4, -0.2) is 32.6 Å². The van der Waals surface area contributed by atoms with E-state index in [4.69, 9.17) is 0 Å². The molecule has 2 heterocycles. The molecule has 1 aromatic carbocycles. The predicted octanol–water partition coefficient (Wildman–Crippen LogP) is 2.70. The van der Waals surface area contributed by atoms with E-state index in [2.05, 4.69) is 10.3 Å². The number of fused-ring (bicyclic) bond motifs is 2. The number of nitrogens with one attached hydrogen (secondary N) is 1. The van der Waals surface area contributed by atoms with E-state index in [1.54, 1.807) is 0 Å². The highest BCUT2D eigenvalue weighted by molar-refractivity contribution is 8.04. The van der Waals surface area contributed by atoms with Gasteiger partial charge in [-0.25, -0.2) is 4.39 Å². The first-order valence-electron chi connectivity index (χ1n) is 8.04. The van der Waals surface area contributed by atoms with Gasteiger partial charge in [0, 0.05) is 18.0 Å². The molecule has 1 aliphatic carbocycles. The van der Waals surface area contributed by atoms with Gasteiger partial charge in [-0.3, -0.25) is 29.5 Å². The number of halogens is 1. The Morgan fingerprint density at radius 2 is 1.89 bits per heavy atom. The van der Waals surface area contributed by atoms with Gasteiger partial charge in [0.1, 0.15) is 11.5 Å². The predicted molar refractivity (Wildman–Crippen MR) is 97.2 cm³/mol. The summed E-state index contributed by atoms with van der Waals surface area (Å²) in [6.45, 7) is 0. The summed E-state index contributed by atoms with van der Waals surface area (Å²) in [7, 11) is 0. The molecule has 0 radical (unpaired) electrons. The molecule has 1 amide bonds. The third-order valence-electron chi connectivity index (χ3n) is 4.41. The first kappa shape index (κ1) is 18.0. The maximum atomic E-state index is 13.0. The molecule has 28 heavy (non-hydrogen) atoms. The SMILES string of the molecule is O=C(Nc1ccc(F)cc1)c1ccnc2c1C(=O)C1SC([N+](=O)[O-])=CC1C2=O. The Kier molecular flexibility index (Phi) is 4.27. The zero-order chi connectivity index (χ0) is 20.0. The van der Waals surface area contributed by atoms with Crippen molar-refractivity contribution in [2.45, 2.75) is 5.25 Å². The van der Waals surface area contributed by atoms with Crippen molar-refractivity contribution in [3.8, 4) is 0 Å². The molecule has 2 aliphatic rings. The number of thioether (sulfide) groups is 1. The summed E-state index contributed by atoms with van der Waals surface area (Å²) in [4.78, 5) is 52.6. The monoisotopic (exact) mass is 399 g/mol. The summed E-state index contributed by atoms with van der Waals surface area (Å²) in [5, 5.41) is 12.3.